The quantitative estimate of drug-likeness (QED) is 0.273. The molecule has 2 aromatic rings. The molecule has 0 atom stereocenters. The van der Waals surface area contributed by atoms with Crippen LogP contribution in [0, 0.1) is 0 Å². The summed E-state index contributed by atoms with van der Waals surface area (Å²) in [6, 6.07) is 17.3. The first-order valence-corrected chi connectivity index (χ1v) is 13.3. The van der Waals surface area contributed by atoms with Crippen molar-refractivity contribution >= 4 is 11.3 Å². The third-order valence-corrected chi connectivity index (χ3v) is 7.07. The van der Waals surface area contributed by atoms with E-state index in [0.717, 1.165) is 68.2 Å². The predicted octanol–water partition coefficient (Wildman–Crippen LogP) is 6.33. The minimum absolute atomic E-state index is 0.158. The van der Waals surface area contributed by atoms with Gasteiger partial charge in [-0.15, -0.1) is 6.58 Å². The molecule has 2 aliphatic rings. The van der Waals surface area contributed by atoms with E-state index in [1.807, 2.05) is 18.2 Å². The third kappa shape index (κ3) is 7.22. The van der Waals surface area contributed by atoms with E-state index in [2.05, 4.69) is 71.0 Å². The molecule has 2 aromatic carbocycles. The van der Waals surface area contributed by atoms with Crippen LogP contribution in [0.1, 0.15) is 49.7 Å². The van der Waals surface area contributed by atoms with Gasteiger partial charge in [-0.2, -0.15) is 0 Å². The number of piperazine rings is 1. The van der Waals surface area contributed by atoms with Crippen molar-refractivity contribution in [2.75, 3.05) is 37.7 Å². The molecule has 0 radical (unpaired) electrons. The van der Waals surface area contributed by atoms with E-state index in [4.69, 9.17) is 0 Å². The maximum absolute atomic E-state index is 10.2. The number of hydrogen-bond donors (Lipinski definition) is 2. The minimum Gasteiger partial charge on any atom is -0.508 e. The Labute approximate surface area is 216 Å². The van der Waals surface area contributed by atoms with Gasteiger partial charge in [0, 0.05) is 44.5 Å². The van der Waals surface area contributed by atoms with Crippen molar-refractivity contribution in [3.05, 3.63) is 102 Å². The Morgan fingerprint density at radius 3 is 2.36 bits per heavy atom. The van der Waals surface area contributed by atoms with Crippen LogP contribution in [0.15, 0.2) is 91.1 Å². The van der Waals surface area contributed by atoms with Crippen molar-refractivity contribution in [2.45, 2.75) is 44.6 Å². The maximum atomic E-state index is 10.2. The summed E-state index contributed by atoms with van der Waals surface area (Å²) in [7, 11) is 0. The standard InChI is InChI=1S/C32H40N2O2/c1-2-3-4-5-6-7-10-26(12-9-24-35)32(28-11-8-13-31(36)25-28)27-14-16-29(17-15-27)33-20-22-34(23-21-33)30-18-19-30/h2,4-8,11,13-17,25,30,35-36H,1,3,9-10,12,18-24H2/b5-4-,7-6-,32-26-. The molecule has 4 rings (SSSR count). The van der Waals surface area contributed by atoms with E-state index in [1.165, 1.54) is 24.1 Å². The predicted molar refractivity (Wildman–Crippen MR) is 151 cm³/mol. The first-order chi connectivity index (χ1) is 17.7. The van der Waals surface area contributed by atoms with Crippen molar-refractivity contribution < 1.29 is 10.2 Å². The zero-order valence-electron chi connectivity index (χ0n) is 21.4. The number of nitrogens with zero attached hydrogens (tertiary/aromatic N) is 2. The number of phenols is 1. The molecule has 1 saturated heterocycles. The first kappa shape index (κ1) is 26.0. The Balaban J connectivity index is 1.60. The van der Waals surface area contributed by atoms with Crippen LogP contribution in [0.5, 0.6) is 5.75 Å². The average Bonchev–Trinajstić information content (AvgIpc) is 3.75. The third-order valence-electron chi connectivity index (χ3n) is 7.07. The Kier molecular flexibility index (Phi) is 9.60. The molecule has 1 aliphatic heterocycles. The van der Waals surface area contributed by atoms with Gasteiger partial charge in [-0.1, -0.05) is 60.2 Å². The van der Waals surface area contributed by atoms with Gasteiger partial charge in [0.1, 0.15) is 5.75 Å². The smallest absolute Gasteiger partial charge is 0.116 e. The highest BCUT2D eigenvalue weighted by Crippen LogP contribution is 2.34. The van der Waals surface area contributed by atoms with Crippen molar-refractivity contribution in [3.63, 3.8) is 0 Å². The van der Waals surface area contributed by atoms with Gasteiger partial charge in [0.2, 0.25) is 0 Å². The summed E-state index contributed by atoms with van der Waals surface area (Å²) in [6.45, 7) is 8.38. The molecule has 2 N–H and O–H groups in total. The second kappa shape index (κ2) is 13.3. The van der Waals surface area contributed by atoms with Crippen LogP contribution in [0.25, 0.3) is 5.57 Å². The number of benzene rings is 2. The molecule has 0 unspecified atom stereocenters. The van der Waals surface area contributed by atoms with Gasteiger partial charge in [0.25, 0.3) is 0 Å². The molecular formula is C32H40N2O2. The van der Waals surface area contributed by atoms with Crippen LogP contribution < -0.4 is 4.90 Å². The molecule has 190 valence electrons. The van der Waals surface area contributed by atoms with Crippen LogP contribution in [0.3, 0.4) is 0 Å². The van der Waals surface area contributed by atoms with Crippen LogP contribution >= 0.6 is 0 Å². The maximum Gasteiger partial charge on any atom is 0.116 e. The van der Waals surface area contributed by atoms with E-state index in [1.54, 1.807) is 6.07 Å². The fraction of sp³-hybridized carbons (Fsp3) is 0.375. The summed E-state index contributed by atoms with van der Waals surface area (Å²) >= 11 is 0. The molecule has 1 saturated carbocycles. The SMILES string of the molecule is C=CC/C=C\C=C/C/C(CCCO)=C(\c1ccc(N2CCN(C3CC3)CC2)cc1)c1cccc(O)c1. The van der Waals surface area contributed by atoms with Gasteiger partial charge in [0.15, 0.2) is 0 Å². The summed E-state index contributed by atoms with van der Waals surface area (Å²) in [5.74, 6) is 0.263. The summed E-state index contributed by atoms with van der Waals surface area (Å²) in [5, 5.41) is 19.8. The normalized spacial score (nSPS) is 17.6. The van der Waals surface area contributed by atoms with Gasteiger partial charge in [-0.3, -0.25) is 4.90 Å². The average molecular weight is 485 g/mol. The monoisotopic (exact) mass is 484 g/mol. The fourth-order valence-corrected chi connectivity index (χ4v) is 5.02. The van der Waals surface area contributed by atoms with Crippen molar-refractivity contribution in [3.8, 4) is 5.75 Å². The Morgan fingerprint density at radius 1 is 0.944 bits per heavy atom. The molecule has 0 amide bonds. The van der Waals surface area contributed by atoms with E-state index >= 15 is 0 Å². The molecule has 0 aromatic heterocycles. The lowest BCUT2D eigenvalue weighted by molar-refractivity contribution is 0.248. The summed E-state index contributed by atoms with van der Waals surface area (Å²) < 4.78 is 0. The number of aromatic hydroxyl groups is 1. The van der Waals surface area contributed by atoms with E-state index < -0.39 is 0 Å². The molecular weight excluding hydrogens is 444 g/mol. The zero-order valence-corrected chi connectivity index (χ0v) is 21.4. The highest BCUT2D eigenvalue weighted by atomic mass is 16.3. The number of aliphatic hydroxyl groups is 1. The highest BCUT2D eigenvalue weighted by molar-refractivity contribution is 5.83. The Morgan fingerprint density at radius 2 is 1.69 bits per heavy atom. The first-order valence-electron chi connectivity index (χ1n) is 13.3. The van der Waals surface area contributed by atoms with Crippen molar-refractivity contribution in [2.24, 2.45) is 0 Å². The second-order valence-electron chi connectivity index (χ2n) is 9.74. The van der Waals surface area contributed by atoms with Crippen LogP contribution in [0.4, 0.5) is 5.69 Å². The van der Waals surface area contributed by atoms with Crippen molar-refractivity contribution in [1.82, 2.24) is 4.90 Å². The molecule has 0 spiro atoms. The van der Waals surface area contributed by atoms with Gasteiger partial charge in [-0.05, 0) is 79.5 Å². The topological polar surface area (TPSA) is 46.9 Å². The molecule has 0 bridgehead atoms. The van der Waals surface area contributed by atoms with Gasteiger partial charge in [-0.25, -0.2) is 0 Å². The van der Waals surface area contributed by atoms with Crippen LogP contribution in [-0.4, -0.2) is 53.9 Å². The number of anilines is 1. The summed E-state index contributed by atoms with van der Waals surface area (Å²) in [5.41, 5.74) is 5.82. The molecule has 36 heavy (non-hydrogen) atoms. The number of allylic oxidation sites excluding steroid dienone is 6. The van der Waals surface area contributed by atoms with E-state index in [0.29, 0.717) is 6.42 Å². The Hall–Kier alpha value is -3.08. The van der Waals surface area contributed by atoms with Gasteiger partial charge in [0.05, 0.1) is 0 Å². The Bertz CT molecular complexity index is 1070. The number of aliphatic hydroxyl groups excluding tert-OH is 1. The summed E-state index contributed by atoms with van der Waals surface area (Å²) in [6.07, 6.45) is 16.2. The number of rotatable bonds is 12. The number of hydrogen-bond acceptors (Lipinski definition) is 4. The second-order valence-corrected chi connectivity index (χ2v) is 9.74. The van der Waals surface area contributed by atoms with E-state index in [-0.39, 0.29) is 12.4 Å². The minimum atomic E-state index is 0.158. The highest BCUT2D eigenvalue weighted by Gasteiger charge is 2.31. The fourth-order valence-electron chi connectivity index (χ4n) is 5.02. The lowest BCUT2D eigenvalue weighted by Gasteiger charge is -2.36. The summed E-state index contributed by atoms with van der Waals surface area (Å²) in [4.78, 5) is 5.13. The molecule has 1 heterocycles. The molecule has 4 heteroatoms. The largest absolute Gasteiger partial charge is 0.508 e. The van der Waals surface area contributed by atoms with Gasteiger partial charge >= 0.3 is 0 Å². The van der Waals surface area contributed by atoms with Gasteiger partial charge < -0.3 is 15.1 Å². The van der Waals surface area contributed by atoms with Crippen LogP contribution in [0.2, 0.25) is 0 Å². The van der Waals surface area contributed by atoms with E-state index in [9.17, 15) is 10.2 Å². The lowest BCUT2D eigenvalue weighted by atomic mass is 9.89. The van der Waals surface area contributed by atoms with Crippen molar-refractivity contribution in [1.29, 1.82) is 0 Å². The lowest BCUT2D eigenvalue weighted by Crippen LogP contribution is -2.47. The molecule has 1 aliphatic carbocycles. The molecule has 4 nitrogen and oxygen atoms in total. The molecule has 2 fully saturated rings. The van der Waals surface area contributed by atoms with Crippen LogP contribution in [-0.2, 0) is 0 Å². The zero-order chi connectivity index (χ0) is 25.2. The number of phenolic OH excluding ortho intramolecular Hbond substituents is 1.